The Labute approximate surface area is 97.6 Å². The third-order valence-corrected chi connectivity index (χ3v) is 2.98. The number of halogens is 1. The molecule has 1 unspecified atom stereocenters. The number of anilines is 1. The molecule has 0 aliphatic carbocycles. The highest BCUT2D eigenvalue weighted by molar-refractivity contribution is 9.10. The molecule has 5 heteroatoms. The van der Waals surface area contributed by atoms with Gasteiger partial charge in [0.05, 0.1) is 11.1 Å². The standard InChI is InChI=1S/C10H14BrN3O/c1-2-12-10-8(11)5-13-9(14-10)7-3-4-15-6-7/h5,7H,2-4,6H2,1H3,(H,12,13,14). The van der Waals surface area contributed by atoms with Gasteiger partial charge in [0.2, 0.25) is 0 Å². The van der Waals surface area contributed by atoms with Gasteiger partial charge < -0.3 is 10.1 Å². The van der Waals surface area contributed by atoms with Gasteiger partial charge in [0.25, 0.3) is 0 Å². The van der Waals surface area contributed by atoms with E-state index in [2.05, 4.69) is 31.2 Å². The number of aromatic nitrogens is 2. The summed E-state index contributed by atoms with van der Waals surface area (Å²) >= 11 is 3.42. The van der Waals surface area contributed by atoms with E-state index >= 15 is 0 Å². The minimum atomic E-state index is 0.357. The van der Waals surface area contributed by atoms with Crippen LogP contribution in [-0.4, -0.2) is 29.7 Å². The van der Waals surface area contributed by atoms with Crippen LogP contribution in [0, 0.1) is 0 Å². The predicted octanol–water partition coefficient (Wildman–Crippen LogP) is 2.17. The Balaban J connectivity index is 2.21. The van der Waals surface area contributed by atoms with Gasteiger partial charge in [-0.3, -0.25) is 0 Å². The van der Waals surface area contributed by atoms with Crippen molar-refractivity contribution in [3.8, 4) is 0 Å². The second-order valence-corrected chi connectivity index (χ2v) is 4.37. The van der Waals surface area contributed by atoms with E-state index in [0.29, 0.717) is 5.92 Å². The van der Waals surface area contributed by atoms with Crippen LogP contribution in [0.5, 0.6) is 0 Å². The molecule has 1 N–H and O–H groups in total. The average molecular weight is 272 g/mol. The zero-order valence-corrected chi connectivity index (χ0v) is 10.2. The minimum Gasteiger partial charge on any atom is -0.381 e. The Hall–Kier alpha value is -0.680. The van der Waals surface area contributed by atoms with E-state index in [-0.39, 0.29) is 0 Å². The molecule has 1 atom stereocenters. The number of rotatable bonds is 3. The first kappa shape index (κ1) is 10.8. The van der Waals surface area contributed by atoms with Crippen LogP contribution in [-0.2, 0) is 4.74 Å². The Bertz CT molecular complexity index is 339. The number of hydrogen-bond donors (Lipinski definition) is 1. The molecule has 0 bridgehead atoms. The predicted molar refractivity (Wildman–Crippen MR) is 62.1 cm³/mol. The highest BCUT2D eigenvalue weighted by atomic mass is 79.9. The second-order valence-electron chi connectivity index (χ2n) is 3.52. The molecule has 1 aromatic rings. The van der Waals surface area contributed by atoms with Crippen molar-refractivity contribution in [1.29, 1.82) is 0 Å². The van der Waals surface area contributed by atoms with Crippen LogP contribution in [0.15, 0.2) is 10.7 Å². The summed E-state index contributed by atoms with van der Waals surface area (Å²) in [5.41, 5.74) is 0. The van der Waals surface area contributed by atoms with Gasteiger partial charge in [0.15, 0.2) is 0 Å². The van der Waals surface area contributed by atoms with Crippen LogP contribution in [0.3, 0.4) is 0 Å². The zero-order valence-electron chi connectivity index (χ0n) is 8.66. The molecule has 1 aromatic heterocycles. The molecular formula is C10H14BrN3O. The summed E-state index contributed by atoms with van der Waals surface area (Å²) in [7, 11) is 0. The number of nitrogens with zero attached hydrogens (tertiary/aromatic N) is 2. The van der Waals surface area contributed by atoms with Crippen LogP contribution < -0.4 is 5.32 Å². The summed E-state index contributed by atoms with van der Waals surface area (Å²) < 4.78 is 6.24. The van der Waals surface area contributed by atoms with Crippen LogP contribution in [0.4, 0.5) is 5.82 Å². The first-order valence-electron chi connectivity index (χ1n) is 5.15. The van der Waals surface area contributed by atoms with Crippen LogP contribution >= 0.6 is 15.9 Å². The molecule has 0 aromatic carbocycles. The molecule has 0 spiro atoms. The van der Waals surface area contributed by atoms with E-state index in [1.54, 1.807) is 6.20 Å². The fourth-order valence-electron chi connectivity index (χ4n) is 1.61. The Morgan fingerprint density at radius 1 is 1.67 bits per heavy atom. The second kappa shape index (κ2) is 4.90. The van der Waals surface area contributed by atoms with E-state index < -0.39 is 0 Å². The SMILES string of the molecule is CCNc1nc(C2CCOC2)ncc1Br. The first-order valence-corrected chi connectivity index (χ1v) is 5.94. The molecule has 4 nitrogen and oxygen atoms in total. The molecule has 0 radical (unpaired) electrons. The van der Waals surface area contributed by atoms with Gasteiger partial charge in [-0.15, -0.1) is 0 Å². The third kappa shape index (κ3) is 2.46. The Morgan fingerprint density at radius 2 is 2.53 bits per heavy atom. The molecule has 1 aliphatic rings. The highest BCUT2D eigenvalue weighted by Crippen LogP contribution is 2.25. The fourth-order valence-corrected chi connectivity index (χ4v) is 1.94. The van der Waals surface area contributed by atoms with E-state index in [0.717, 1.165) is 42.3 Å². The number of ether oxygens (including phenoxy) is 1. The maximum Gasteiger partial charge on any atom is 0.144 e. The molecule has 82 valence electrons. The van der Waals surface area contributed by atoms with Crippen LogP contribution in [0.25, 0.3) is 0 Å². The lowest BCUT2D eigenvalue weighted by atomic mass is 10.1. The molecular weight excluding hydrogens is 258 g/mol. The minimum absolute atomic E-state index is 0.357. The smallest absolute Gasteiger partial charge is 0.144 e. The molecule has 2 heterocycles. The van der Waals surface area contributed by atoms with Crippen molar-refractivity contribution in [2.24, 2.45) is 0 Å². The summed E-state index contributed by atoms with van der Waals surface area (Å²) in [6.07, 6.45) is 2.83. The normalized spacial score (nSPS) is 20.5. The summed E-state index contributed by atoms with van der Waals surface area (Å²) in [6, 6.07) is 0. The molecule has 15 heavy (non-hydrogen) atoms. The van der Waals surface area contributed by atoms with Crippen LogP contribution in [0.2, 0.25) is 0 Å². The maximum atomic E-state index is 5.33. The van der Waals surface area contributed by atoms with Gasteiger partial charge in [-0.05, 0) is 29.3 Å². The van der Waals surface area contributed by atoms with Crippen molar-refractivity contribution in [1.82, 2.24) is 9.97 Å². The van der Waals surface area contributed by atoms with Gasteiger partial charge in [0.1, 0.15) is 11.6 Å². The van der Waals surface area contributed by atoms with Gasteiger partial charge in [-0.25, -0.2) is 9.97 Å². The summed E-state index contributed by atoms with van der Waals surface area (Å²) in [5, 5.41) is 3.20. The number of hydrogen-bond acceptors (Lipinski definition) is 4. The third-order valence-electron chi connectivity index (χ3n) is 2.40. The van der Waals surface area contributed by atoms with Crippen molar-refractivity contribution in [3.63, 3.8) is 0 Å². The quantitative estimate of drug-likeness (QED) is 0.916. The summed E-state index contributed by atoms with van der Waals surface area (Å²) in [5.74, 6) is 2.11. The largest absolute Gasteiger partial charge is 0.381 e. The fraction of sp³-hybridized carbons (Fsp3) is 0.600. The zero-order chi connectivity index (χ0) is 10.7. The molecule has 2 rings (SSSR count). The van der Waals surface area contributed by atoms with Gasteiger partial charge in [-0.2, -0.15) is 0 Å². The summed E-state index contributed by atoms with van der Waals surface area (Å²) in [6.45, 7) is 4.47. The molecule has 0 saturated carbocycles. The van der Waals surface area contributed by atoms with Gasteiger partial charge in [0, 0.05) is 25.3 Å². The van der Waals surface area contributed by atoms with Gasteiger partial charge in [-0.1, -0.05) is 0 Å². The van der Waals surface area contributed by atoms with Crippen molar-refractivity contribution < 1.29 is 4.74 Å². The molecule has 0 amide bonds. The Morgan fingerprint density at radius 3 is 3.20 bits per heavy atom. The van der Waals surface area contributed by atoms with E-state index in [4.69, 9.17) is 4.74 Å². The van der Waals surface area contributed by atoms with Crippen molar-refractivity contribution >= 4 is 21.7 Å². The lowest BCUT2D eigenvalue weighted by Crippen LogP contribution is -2.08. The molecule has 1 saturated heterocycles. The summed E-state index contributed by atoms with van der Waals surface area (Å²) in [4.78, 5) is 8.82. The van der Waals surface area contributed by atoms with Gasteiger partial charge >= 0.3 is 0 Å². The first-order chi connectivity index (χ1) is 7.31. The van der Waals surface area contributed by atoms with Crippen LogP contribution in [0.1, 0.15) is 25.1 Å². The topological polar surface area (TPSA) is 47.0 Å². The lowest BCUT2D eigenvalue weighted by Gasteiger charge is -2.10. The lowest BCUT2D eigenvalue weighted by molar-refractivity contribution is 0.193. The van der Waals surface area contributed by atoms with Crippen molar-refractivity contribution in [2.75, 3.05) is 25.1 Å². The van der Waals surface area contributed by atoms with E-state index in [1.807, 2.05) is 6.92 Å². The monoisotopic (exact) mass is 271 g/mol. The average Bonchev–Trinajstić information content (AvgIpc) is 2.75. The van der Waals surface area contributed by atoms with Crippen molar-refractivity contribution in [3.05, 3.63) is 16.5 Å². The number of nitrogens with one attached hydrogen (secondary N) is 1. The maximum absolute atomic E-state index is 5.33. The van der Waals surface area contributed by atoms with Crippen molar-refractivity contribution in [2.45, 2.75) is 19.3 Å². The van der Waals surface area contributed by atoms with E-state index in [9.17, 15) is 0 Å². The van der Waals surface area contributed by atoms with E-state index in [1.165, 1.54) is 0 Å². The Kier molecular flexibility index (Phi) is 3.53. The molecule has 1 fully saturated rings. The highest BCUT2D eigenvalue weighted by Gasteiger charge is 2.21. The molecule has 1 aliphatic heterocycles.